The van der Waals surface area contributed by atoms with Crippen LogP contribution < -0.4 is 10.1 Å². The van der Waals surface area contributed by atoms with Crippen LogP contribution in [0.2, 0.25) is 0 Å². The van der Waals surface area contributed by atoms with E-state index in [1.165, 1.54) is 5.56 Å². The molecule has 1 aliphatic heterocycles. The third-order valence-electron chi connectivity index (χ3n) is 3.05. The summed E-state index contributed by atoms with van der Waals surface area (Å²) in [7, 11) is 1.69. The standard InChI is InChI=1S/C13H19NO2/c1-3-11-9-16-13(8-14-11)10-5-4-6-12(7-10)15-2/h4-7,11,13-14H,3,8-9H2,1-2H3. The lowest BCUT2D eigenvalue weighted by atomic mass is 10.1. The molecular weight excluding hydrogens is 202 g/mol. The minimum atomic E-state index is 0.151. The molecule has 0 spiro atoms. The molecule has 0 aromatic heterocycles. The van der Waals surface area contributed by atoms with Crippen molar-refractivity contribution in [2.45, 2.75) is 25.5 Å². The van der Waals surface area contributed by atoms with Gasteiger partial charge in [-0.3, -0.25) is 0 Å². The average Bonchev–Trinajstić information content (AvgIpc) is 2.39. The molecule has 2 atom stereocenters. The van der Waals surface area contributed by atoms with E-state index in [9.17, 15) is 0 Å². The molecule has 2 unspecified atom stereocenters. The van der Waals surface area contributed by atoms with Crippen molar-refractivity contribution in [3.05, 3.63) is 29.8 Å². The molecule has 3 heteroatoms. The minimum absolute atomic E-state index is 0.151. The second-order valence-corrected chi connectivity index (χ2v) is 4.11. The van der Waals surface area contributed by atoms with Gasteiger partial charge in [0.25, 0.3) is 0 Å². The van der Waals surface area contributed by atoms with Gasteiger partial charge in [-0.2, -0.15) is 0 Å². The Morgan fingerprint density at radius 1 is 1.50 bits per heavy atom. The second-order valence-electron chi connectivity index (χ2n) is 4.11. The van der Waals surface area contributed by atoms with Crippen molar-refractivity contribution in [1.82, 2.24) is 5.32 Å². The first-order valence-electron chi connectivity index (χ1n) is 5.82. The predicted molar refractivity (Wildman–Crippen MR) is 63.8 cm³/mol. The van der Waals surface area contributed by atoms with Crippen LogP contribution in [0.25, 0.3) is 0 Å². The molecule has 0 bridgehead atoms. The van der Waals surface area contributed by atoms with E-state index in [4.69, 9.17) is 9.47 Å². The maximum Gasteiger partial charge on any atom is 0.119 e. The molecule has 1 heterocycles. The highest BCUT2D eigenvalue weighted by atomic mass is 16.5. The van der Waals surface area contributed by atoms with Crippen LogP contribution in [-0.2, 0) is 4.74 Å². The van der Waals surface area contributed by atoms with E-state index in [-0.39, 0.29) is 6.10 Å². The van der Waals surface area contributed by atoms with Crippen LogP contribution >= 0.6 is 0 Å². The SMILES string of the molecule is CCC1COC(c2cccc(OC)c2)CN1. The van der Waals surface area contributed by atoms with Crippen molar-refractivity contribution in [2.24, 2.45) is 0 Å². The van der Waals surface area contributed by atoms with Gasteiger partial charge in [0.2, 0.25) is 0 Å². The number of ether oxygens (including phenoxy) is 2. The Balaban J connectivity index is 2.02. The maximum absolute atomic E-state index is 5.85. The van der Waals surface area contributed by atoms with Crippen LogP contribution in [0.15, 0.2) is 24.3 Å². The Morgan fingerprint density at radius 2 is 2.38 bits per heavy atom. The van der Waals surface area contributed by atoms with Gasteiger partial charge in [-0.05, 0) is 24.1 Å². The summed E-state index contributed by atoms with van der Waals surface area (Å²) < 4.78 is 11.1. The lowest BCUT2D eigenvalue weighted by Crippen LogP contribution is -2.42. The molecule has 0 amide bonds. The number of rotatable bonds is 3. The fraction of sp³-hybridized carbons (Fsp3) is 0.538. The first-order valence-corrected chi connectivity index (χ1v) is 5.82. The fourth-order valence-corrected chi connectivity index (χ4v) is 1.94. The van der Waals surface area contributed by atoms with Crippen LogP contribution in [0.5, 0.6) is 5.75 Å². The summed E-state index contributed by atoms with van der Waals surface area (Å²) in [4.78, 5) is 0. The molecule has 2 rings (SSSR count). The molecule has 1 saturated heterocycles. The lowest BCUT2D eigenvalue weighted by Gasteiger charge is -2.30. The van der Waals surface area contributed by atoms with E-state index >= 15 is 0 Å². The van der Waals surface area contributed by atoms with Gasteiger partial charge in [-0.25, -0.2) is 0 Å². The lowest BCUT2D eigenvalue weighted by molar-refractivity contribution is 0.00214. The zero-order valence-electron chi connectivity index (χ0n) is 9.90. The molecule has 16 heavy (non-hydrogen) atoms. The monoisotopic (exact) mass is 221 g/mol. The Labute approximate surface area is 96.8 Å². The van der Waals surface area contributed by atoms with E-state index in [0.29, 0.717) is 6.04 Å². The number of methoxy groups -OCH3 is 1. The van der Waals surface area contributed by atoms with E-state index in [0.717, 1.165) is 25.3 Å². The van der Waals surface area contributed by atoms with Gasteiger partial charge in [0, 0.05) is 12.6 Å². The molecule has 0 radical (unpaired) electrons. The maximum atomic E-state index is 5.85. The Hall–Kier alpha value is -1.06. The molecule has 1 N–H and O–H groups in total. The summed E-state index contributed by atoms with van der Waals surface area (Å²) in [6.07, 6.45) is 1.27. The van der Waals surface area contributed by atoms with Crippen LogP contribution in [0.4, 0.5) is 0 Å². The Morgan fingerprint density at radius 3 is 3.00 bits per heavy atom. The summed E-state index contributed by atoms with van der Waals surface area (Å²) in [5.74, 6) is 0.888. The van der Waals surface area contributed by atoms with Gasteiger partial charge in [-0.15, -0.1) is 0 Å². The van der Waals surface area contributed by atoms with E-state index in [1.54, 1.807) is 7.11 Å². The Kier molecular flexibility index (Phi) is 3.80. The van der Waals surface area contributed by atoms with Crippen molar-refractivity contribution >= 4 is 0 Å². The minimum Gasteiger partial charge on any atom is -0.497 e. The van der Waals surface area contributed by atoms with Gasteiger partial charge in [-0.1, -0.05) is 19.1 Å². The van der Waals surface area contributed by atoms with Crippen molar-refractivity contribution in [2.75, 3.05) is 20.3 Å². The predicted octanol–water partition coefficient (Wildman–Crippen LogP) is 2.13. The summed E-state index contributed by atoms with van der Waals surface area (Å²) >= 11 is 0. The van der Waals surface area contributed by atoms with Gasteiger partial charge in [0.05, 0.1) is 19.8 Å². The highest BCUT2D eigenvalue weighted by molar-refractivity contribution is 5.30. The first kappa shape index (κ1) is 11.4. The van der Waals surface area contributed by atoms with E-state index < -0.39 is 0 Å². The van der Waals surface area contributed by atoms with Crippen LogP contribution in [0.1, 0.15) is 25.0 Å². The van der Waals surface area contributed by atoms with E-state index in [1.807, 2.05) is 18.2 Å². The van der Waals surface area contributed by atoms with Crippen LogP contribution in [0, 0.1) is 0 Å². The molecule has 1 fully saturated rings. The van der Waals surface area contributed by atoms with Crippen molar-refractivity contribution in [3.63, 3.8) is 0 Å². The van der Waals surface area contributed by atoms with Gasteiger partial charge >= 0.3 is 0 Å². The van der Waals surface area contributed by atoms with Crippen molar-refractivity contribution in [3.8, 4) is 5.75 Å². The smallest absolute Gasteiger partial charge is 0.119 e. The molecule has 0 saturated carbocycles. The largest absolute Gasteiger partial charge is 0.497 e. The number of morpholine rings is 1. The highest BCUT2D eigenvalue weighted by Gasteiger charge is 2.21. The van der Waals surface area contributed by atoms with Crippen molar-refractivity contribution in [1.29, 1.82) is 0 Å². The molecule has 88 valence electrons. The highest BCUT2D eigenvalue weighted by Crippen LogP contribution is 2.24. The normalized spacial score (nSPS) is 25.4. The molecular formula is C13H19NO2. The van der Waals surface area contributed by atoms with Crippen LogP contribution in [-0.4, -0.2) is 26.3 Å². The topological polar surface area (TPSA) is 30.5 Å². The molecule has 1 aliphatic rings. The zero-order chi connectivity index (χ0) is 11.4. The molecule has 3 nitrogen and oxygen atoms in total. The number of benzene rings is 1. The molecule has 1 aromatic carbocycles. The van der Waals surface area contributed by atoms with Gasteiger partial charge < -0.3 is 14.8 Å². The summed E-state index contributed by atoms with van der Waals surface area (Å²) in [6.45, 7) is 3.84. The fourth-order valence-electron chi connectivity index (χ4n) is 1.94. The third kappa shape index (κ3) is 2.54. The third-order valence-corrected chi connectivity index (χ3v) is 3.05. The number of hydrogen-bond acceptors (Lipinski definition) is 3. The molecule has 0 aliphatic carbocycles. The zero-order valence-corrected chi connectivity index (χ0v) is 9.90. The van der Waals surface area contributed by atoms with E-state index in [2.05, 4.69) is 18.3 Å². The van der Waals surface area contributed by atoms with Crippen LogP contribution in [0.3, 0.4) is 0 Å². The number of hydrogen-bond donors (Lipinski definition) is 1. The van der Waals surface area contributed by atoms with Crippen molar-refractivity contribution < 1.29 is 9.47 Å². The van der Waals surface area contributed by atoms with Gasteiger partial charge in [0.1, 0.15) is 5.75 Å². The van der Waals surface area contributed by atoms with Gasteiger partial charge in [0.15, 0.2) is 0 Å². The summed E-state index contributed by atoms with van der Waals surface area (Å²) in [6, 6.07) is 8.58. The molecule has 1 aromatic rings. The second kappa shape index (κ2) is 5.32. The quantitative estimate of drug-likeness (QED) is 0.848. The first-order chi connectivity index (χ1) is 7.83. The summed E-state index contributed by atoms with van der Waals surface area (Å²) in [5, 5.41) is 3.49. The summed E-state index contributed by atoms with van der Waals surface area (Å²) in [5.41, 5.74) is 1.18. The Bertz CT molecular complexity index is 332. The average molecular weight is 221 g/mol. The number of nitrogens with one attached hydrogen (secondary N) is 1.